The summed E-state index contributed by atoms with van der Waals surface area (Å²) in [5.41, 5.74) is 0. The largest absolute Gasteiger partial charge is 2.00 e. The SMILES string of the molecule is C=CC(=O)SCC(=O)[O-].C=CC(=O)SCC(=O)[O-].[Mg+2]. The maximum absolute atomic E-state index is 10.3. The Morgan fingerprint density at radius 3 is 1.26 bits per heavy atom. The van der Waals surface area contributed by atoms with Gasteiger partial charge in [-0.2, -0.15) is 0 Å². The number of carbonyl (C=O) groups excluding carboxylic acids is 4. The van der Waals surface area contributed by atoms with Crippen LogP contribution in [0.3, 0.4) is 0 Å². The molecule has 0 saturated carbocycles. The molecule has 0 spiro atoms. The van der Waals surface area contributed by atoms with E-state index < -0.39 is 11.9 Å². The summed E-state index contributed by atoms with van der Waals surface area (Å²) in [6.07, 6.45) is 2.13. The molecule has 9 heteroatoms. The predicted molar refractivity (Wildman–Crippen MR) is 71.1 cm³/mol. The minimum absolute atomic E-state index is 0. The summed E-state index contributed by atoms with van der Waals surface area (Å²) in [5.74, 6) is -3.08. The van der Waals surface area contributed by atoms with Crippen LogP contribution in [0.15, 0.2) is 25.3 Å². The van der Waals surface area contributed by atoms with Crippen LogP contribution in [-0.2, 0) is 19.2 Å². The van der Waals surface area contributed by atoms with Crippen LogP contribution < -0.4 is 10.2 Å². The van der Waals surface area contributed by atoms with Crippen LogP contribution in [0, 0.1) is 0 Å². The first kappa shape index (κ1) is 23.3. The van der Waals surface area contributed by atoms with E-state index in [-0.39, 0.29) is 44.8 Å². The van der Waals surface area contributed by atoms with Crippen molar-refractivity contribution in [3.05, 3.63) is 25.3 Å². The Morgan fingerprint density at radius 2 is 1.11 bits per heavy atom. The van der Waals surface area contributed by atoms with E-state index in [1.54, 1.807) is 0 Å². The van der Waals surface area contributed by atoms with Crippen molar-refractivity contribution in [2.24, 2.45) is 0 Å². The molecule has 100 valence electrons. The normalized spacial score (nSPS) is 8.00. The van der Waals surface area contributed by atoms with E-state index in [0.29, 0.717) is 23.5 Å². The van der Waals surface area contributed by atoms with Crippen LogP contribution in [0.2, 0.25) is 0 Å². The number of carbonyl (C=O) groups is 4. The number of hydrogen-bond donors (Lipinski definition) is 0. The molecule has 0 bridgehead atoms. The standard InChI is InChI=1S/2C5H6O3S.Mg/c2*1-2-5(8)9-3-4(6)7;/h2*2H,1,3H2,(H,6,7);/q;;+2/p-2. The van der Waals surface area contributed by atoms with Crippen LogP contribution in [0.4, 0.5) is 0 Å². The summed E-state index contributed by atoms with van der Waals surface area (Å²) in [7, 11) is 0. The summed E-state index contributed by atoms with van der Waals surface area (Å²) < 4.78 is 0. The molecule has 0 aromatic heterocycles. The minimum atomic E-state index is -1.24. The van der Waals surface area contributed by atoms with Gasteiger partial charge < -0.3 is 19.8 Å². The van der Waals surface area contributed by atoms with Gasteiger partial charge in [0.05, 0.1) is 11.9 Å². The molecular formula is C10H10MgO6S2. The van der Waals surface area contributed by atoms with Crippen molar-refractivity contribution in [3.8, 4) is 0 Å². The van der Waals surface area contributed by atoms with Gasteiger partial charge in [-0.05, 0) is 12.2 Å². The van der Waals surface area contributed by atoms with Gasteiger partial charge in [-0.25, -0.2) is 0 Å². The summed E-state index contributed by atoms with van der Waals surface area (Å²) in [6, 6.07) is 0. The molecule has 0 unspecified atom stereocenters. The molecule has 0 aliphatic heterocycles. The van der Waals surface area contributed by atoms with E-state index in [1.807, 2.05) is 0 Å². The number of thioether (sulfide) groups is 2. The van der Waals surface area contributed by atoms with Gasteiger partial charge >= 0.3 is 23.1 Å². The average molecular weight is 315 g/mol. The van der Waals surface area contributed by atoms with E-state index in [1.165, 1.54) is 0 Å². The summed E-state index contributed by atoms with van der Waals surface area (Å²) >= 11 is 1.33. The molecule has 0 aliphatic rings. The zero-order chi connectivity index (χ0) is 14.6. The maximum atomic E-state index is 10.3. The Hall–Kier alpha value is -0.774. The van der Waals surface area contributed by atoms with E-state index in [4.69, 9.17) is 0 Å². The Kier molecular flexibility index (Phi) is 18.8. The van der Waals surface area contributed by atoms with Crippen molar-refractivity contribution in [3.63, 3.8) is 0 Å². The Balaban J connectivity index is -0.000000256. The molecule has 0 aliphatic carbocycles. The van der Waals surface area contributed by atoms with Crippen LogP contribution in [0.25, 0.3) is 0 Å². The summed E-state index contributed by atoms with van der Waals surface area (Å²) in [4.78, 5) is 39.9. The molecule has 0 atom stereocenters. The molecule has 0 heterocycles. The Labute approximate surface area is 134 Å². The van der Waals surface area contributed by atoms with Gasteiger partial charge in [0.25, 0.3) is 0 Å². The zero-order valence-corrected chi connectivity index (χ0v) is 13.0. The quantitative estimate of drug-likeness (QED) is 0.408. The predicted octanol–water partition coefficient (Wildman–Crippen LogP) is -2.02. The Morgan fingerprint density at radius 1 is 0.842 bits per heavy atom. The summed E-state index contributed by atoms with van der Waals surface area (Å²) in [5, 5.41) is 18.7. The molecule has 19 heavy (non-hydrogen) atoms. The monoisotopic (exact) mass is 314 g/mol. The van der Waals surface area contributed by atoms with Gasteiger partial charge in [-0.1, -0.05) is 36.7 Å². The molecule has 0 aromatic carbocycles. The van der Waals surface area contributed by atoms with Crippen molar-refractivity contribution in [1.82, 2.24) is 0 Å². The number of hydrogen-bond acceptors (Lipinski definition) is 8. The maximum Gasteiger partial charge on any atom is 2.00 e. The fourth-order valence-electron chi connectivity index (χ4n) is 0.378. The first-order valence-electron chi connectivity index (χ1n) is 4.31. The second kappa shape index (κ2) is 15.3. The van der Waals surface area contributed by atoms with E-state index >= 15 is 0 Å². The third-order valence-corrected chi connectivity index (χ3v) is 2.66. The van der Waals surface area contributed by atoms with Gasteiger partial charge in [-0.3, -0.25) is 9.59 Å². The van der Waals surface area contributed by atoms with Gasteiger partial charge in [0, 0.05) is 11.5 Å². The second-order valence-corrected chi connectivity index (χ2v) is 4.33. The van der Waals surface area contributed by atoms with Gasteiger partial charge in [0.15, 0.2) is 0 Å². The van der Waals surface area contributed by atoms with Gasteiger partial charge in [0.1, 0.15) is 0 Å². The van der Waals surface area contributed by atoms with Crippen LogP contribution in [0.5, 0.6) is 0 Å². The fourth-order valence-corrected chi connectivity index (χ4v) is 1.13. The fraction of sp³-hybridized carbons (Fsp3) is 0.200. The van der Waals surface area contributed by atoms with Crippen LogP contribution in [0.1, 0.15) is 0 Å². The van der Waals surface area contributed by atoms with E-state index in [0.717, 1.165) is 12.2 Å². The second-order valence-electron chi connectivity index (χ2n) is 2.37. The molecule has 0 amide bonds. The molecule has 0 N–H and O–H groups in total. The third kappa shape index (κ3) is 22.8. The summed E-state index contributed by atoms with van der Waals surface area (Å²) in [6.45, 7) is 6.31. The smallest absolute Gasteiger partial charge is 0.549 e. The van der Waals surface area contributed by atoms with Crippen molar-refractivity contribution in [2.75, 3.05) is 11.5 Å². The molecule has 6 nitrogen and oxygen atoms in total. The van der Waals surface area contributed by atoms with Gasteiger partial charge in [0.2, 0.25) is 10.2 Å². The third-order valence-electron chi connectivity index (χ3n) is 0.998. The number of aliphatic carboxylic acids is 2. The van der Waals surface area contributed by atoms with Gasteiger partial charge in [-0.15, -0.1) is 0 Å². The first-order chi connectivity index (χ1) is 8.33. The molecule has 0 radical (unpaired) electrons. The molecule has 0 saturated heterocycles. The van der Waals surface area contributed by atoms with Crippen LogP contribution >= 0.6 is 23.5 Å². The van der Waals surface area contributed by atoms with Crippen molar-refractivity contribution in [2.45, 2.75) is 0 Å². The van der Waals surface area contributed by atoms with Crippen molar-refractivity contribution < 1.29 is 29.4 Å². The topological polar surface area (TPSA) is 114 Å². The molecule has 0 aromatic rings. The minimum Gasteiger partial charge on any atom is -0.549 e. The number of rotatable bonds is 6. The van der Waals surface area contributed by atoms with Crippen molar-refractivity contribution >= 4 is 68.7 Å². The van der Waals surface area contributed by atoms with E-state index in [9.17, 15) is 29.4 Å². The van der Waals surface area contributed by atoms with Crippen molar-refractivity contribution in [1.29, 1.82) is 0 Å². The Bertz CT molecular complexity index is 322. The molecular weight excluding hydrogens is 305 g/mol. The number of carboxylic acid groups (broad SMARTS) is 2. The first-order valence-corrected chi connectivity index (χ1v) is 6.28. The number of carboxylic acids is 2. The molecule has 0 fully saturated rings. The average Bonchev–Trinajstić information content (AvgIpc) is 2.33. The van der Waals surface area contributed by atoms with E-state index in [2.05, 4.69) is 13.2 Å². The zero-order valence-electron chi connectivity index (χ0n) is 9.96. The van der Waals surface area contributed by atoms with Crippen LogP contribution in [-0.4, -0.2) is 56.7 Å². The molecule has 0 rings (SSSR count).